The van der Waals surface area contributed by atoms with Crippen LogP contribution in [0.2, 0.25) is 0 Å². The number of hydrogen-bond acceptors (Lipinski definition) is 3. The van der Waals surface area contributed by atoms with Gasteiger partial charge in [0.2, 0.25) is 11.8 Å². The summed E-state index contributed by atoms with van der Waals surface area (Å²) in [7, 11) is 0. The summed E-state index contributed by atoms with van der Waals surface area (Å²) in [5, 5.41) is 0. The summed E-state index contributed by atoms with van der Waals surface area (Å²) in [6.07, 6.45) is 6.67. The number of hydrogen-bond donors (Lipinski definition) is 0. The van der Waals surface area contributed by atoms with Gasteiger partial charge in [0.1, 0.15) is 5.60 Å². The molecule has 2 amide bonds. The Bertz CT molecular complexity index is 820. The van der Waals surface area contributed by atoms with Crippen LogP contribution < -0.4 is 0 Å². The lowest BCUT2D eigenvalue weighted by molar-refractivity contribution is -0.143. The van der Waals surface area contributed by atoms with Crippen molar-refractivity contribution in [2.24, 2.45) is 11.8 Å². The quantitative estimate of drug-likeness (QED) is 0.771. The summed E-state index contributed by atoms with van der Waals surface area (Å²) in [5.74, 6) is -0.559. The molecule has 1 spiro atoms. The van der Waals surface area contributed by atoms with Crippen molar-refractivity contribution in [2.75, 3.05) is 19.6 Å². The second-order valence-corrected chi connectivity index (χ2v) is 8.29. The van der Waals surface area contributed by atoms with E-state index in [0.717, 1.165) is 32.4 Å². The smallest absolute Gasteiger partial charge is 0.230 e. The van der Waals surface area contributed by atoms with Crippen LogP contribution in [0.15, 0.2) is 36.4 Å². The summed E-state index contributed by atoms with van der Waals surface area (Å²) in [5.41, 5.74) is 1.98. The molecule has 2 saturated heterocycles. The maximum Gasteiger partial charge on any atom is 0.230 e. The Morgan fingerprint density at radius 3 is 2.93 bits per heavy atom. The van der Waals surface area contributed by atoms with Crippen LogP contribution in [0.1, 0.15) is 30.9 Å². The molecule has 5 heteroatoms. The fraction of sp³-hybridized carbons (Fsp3) is 0.545. The lowest BCUT2D eigenvalue weighted by Gasteiger charge is -2.29. The number of likely N-dealkylation sites (tertiary alicyclic amines) is 1. The molecule has 5 rings (SSSR count). The van der Waals surface area contributed by atoms with E-state index in [-0.39, 0.29) is 29.8 Å². The van der Waals surface area contributed by atoms with Gasteiger partial charge in [0.25, 0.3) is 0 Å². The van der Waals surface area contributed by atoms with Crippen LogP contribution in [0.3, 0.4) is 0 Å². The minimum Gasteiger partial charge on any atom is -0.360 e. The average Bonchev–Trinajstić information content (AvgIpc) is 3.23. The van der Waals surface area contributed by atoms with Crippen LogP contribution in [0.4, 0.5) is 0 Å². The molecule has 4 aliphatic heterocycles. The third kappa shape index (κ3) is 2.48. The van der Waals surface area contributed by atoms with Crippen molar-refractivity contribution >= 4 is 11.8 Å². The van der Waals surface area contributed by atoms with Gasteiger partial charge in [0, 0.05) is 19.6 Å². The van der Waals surface area contributed by atoms with Gasteiger partial charge in [-0.25, -0.2) is 0 Å². The van der Waals surface area contributed by atoms with E-state index in [1.807, 2.05) is 28.0 Å². The molecule has 2 fully saturated rings. The number of fused-ring (bicyclic) bond motifs is 2. The van der Waals surface area contributed by atoms with Gasteiger partial charge in [-0.3, -0.25) is 9.59 Å². The second-order valence-electron chi connectivity index (χ2n) is 8.29. The normalized spacial score (nSPS) is 34.0. The summed E-state index contributed by atoms with van der Waals surface area (Å²) >= 11 is 0. The Labute approximate surface area is 160 Å². The van der Waals surface area contributed by atoms with Crippen molar-refractivity contribution in [1.29, 1.82) is 0 Å². The first kappa shape index (κ1) is 17.0. The average molecular weight is 366 g/mol. The monoisotopic (exact) mass is 366 g/mol. The van der Waals surface area contributed by atoms with Gasteiger partial charge in [0.05, 0.1) is 24.5 Å². The molecule has 5 nitrogen and oxygen atoms in total. The van der Waals surface area contributed by atoms with Crippen LogP contribution in [0.25, 0.3) is 0 Å². The number of amides is 2. The van der Waals surface area contributed by atoms with E-state index in [2.05, 4.69) is 25.1 Å². The van der Waals surface area contributed by atoms with Crippen molar-refractivity contribution in [1.82, 2.24) is 9.80 Å². The molecule has 0 radical (unpaired) electrons. The van der Waals surface area contributed by atoms with Crippen molar-refractivity contribution in [3.8, 4) is 0 Å². The van der Waals surface area contributed by atoms with Crippen LogP contribution in [0, 0.1) is 11.8 Å². The van der Waals surface area contributed by atoms with Crippen LogP contribution >= 0.6 is 0 Å². The highest BCUT2D eigenvalue weighted by atomic mass is 16.5. The Morgan fingerprint density at radius 2 is 2.11 bits per heavy atom. The lowest BCUT2D eigenvalue weighted by Crippen LogP contribution is -2.45. The zero-order valence-corrected chi connectivity index (χ0v) is 15.8. The first-order valence-corrected chi connectivity index (χ1v) is 10.1. The zero-order chi connectivity index (χ0) is 18.6. The Hall–Kier alpha value is -2.14. The van der Waals surface area contributed by atoms with Crippen molar-refractivity contribution in [3.63, 3.8) is 0 Å². The van der Waals surface area contributed by atoms with Gasteiger partial charge in [-0.15, -0.1) is 0 Å². The van der Waals surface area contributed by atoms with E-state index >= 15 is 0 Å². The number of rotatable bonds is 3. The molecular weight excluding hydrogens is 340 g/mol. The van der Waals surface area contributed by atoms with Crippen molar-refractivity contribution in [3.05, 3.63) is 47.5 Å². The fourth-order valence-electron chi connectivity index (χ4n) is 5.42. The van der Waals surface area contributed by atoms with Crippen molar-refractivity contribution < 1.29 is 14.3 Å². The first-order chi connectivity index (χ1) is 13.1. The Kier molecular flexibility index (Phi) is 3.90. The Morgan fingerprint density at radius 1 is 1.30 bits per heavy atom. The number of carbonyl (C=O) groups excluding carboxylic acids is 2. The molecule has 1 aromatic rings. The van der Waals surface area contributed by atoms with Crippen LogP contribution in [0.5, 0.6) is 0 Å². The molecule has 0 aromatic heterocycles. The van der Waals surface area contributed by atoms with E-state index < -0.39 is 5.60 Å². The van der Waals surface area contributed by atoms with Gasteiger partial charge < -0.3 is 14.5 Å². The lowest BCUT2D eigenvalue weighted by atomic mass is 9.76. The minimum absolute atomic E-state index is 0.0830. The first-order valence-electron chi connectivity index (χ1n) is 10.1. The molecule has 2 bridgehead atoms. The van der Waals surface area contributed by atoms with Gasteiger partial charge >= 0.3 is 0 Å². The second kappa shape index (κ2) is 6.20. The predicted molar refractivity (Wildman–Crippen MR) is 101 cm³/mol. The van der Waals surface area contributed by atoms with E-state index in [4.69, 9.17) is 4.74 Å². The summed E-state index contributed by atoms with van der Waals surface area (Å²) in [4.78, 5) is 30.4. The third-order valence-corrected chi connectivity index (χ3v) is 6.62. The number of nitrogens with zero attached hydrogens (tertiary/aromatic N) is 2. The highest BCUT2D eigenvalue weighted by molar-refractivity contribution is 5.93. The summed E-state index contributed by atoms with van der Waals surface area (Å²) in [6.45, 7) is 4.77. The summed E-state index contributed by atoms with van der Waals surface area (Å²) < 4.78 is 6.24. The standard InChI is InChI=1S/C22H26N2O3/c1-2-11-24-14-22-10-9-17(27-22)18(19(22)21(24)26)20(25)23-12-5-8-15-6-3-4-7-16(15)13-23/h3-4,6-7,9-10,17-19H,2,5,8,11-14H2,1H3/t17-,18-,19+,22-/m0/s1. The Balaban J connectivity index is 1.42. The molecule has 0 N–H and O–H groups in total. The maximum atomic E-state index is 13.5. The fourth-order valence-corrected chi connectivity index (χ4v) is 5.42. The minimum atomic E-state index is -0.582. The number of carbonyl (C=O) groups is 2. The molecule has 142 valence electrons. The molecule has 0 unspecified atom stereocenters. The molecule has 4 atom stereocenters. The largest absolute Gasteiger partial charge is 0.360 e. The van der Waals surface area contributed by atoms with Gasteiger partial charge in [0.15, 0.2) is 0 Å². The van der Waals surface area contributed by atoms with Crippen LogP contribution in [-0.2, 0) is 27.3 Å². The van der Waals surface area contributed by atoms with Gasteiger partial charge in [-0.2, -0.15) is 0 Å². The van der Waals surface area contributed by atoms with Gasteiger partial charge in [-0.1, -0.05) is 43.3 Å². The zero-order valence-electron chi connectivity index (χ0n) is 15.8. The SMILES string of the molecule is CCCN1C[C@]23C=C[C@H](O2)[C@H](C(=O)N2CCCc4ccccc4C2)[C@@H]3C1=O. The van der Waals surface area contributed by atoms with Crippen molar-refractivity contribution in [2.45, 2.75) is 44.4 Å². The predicted octanol–water partition coefficient (Wildman–Crippen LogP) is 2.15. The van der Waals surface area contributed by atoms with E-state index in [9.17, 15) is 9.59 Å². The molecule has 1 aromatic carbocycles. The number of aryl methyl sites for hydroxylation is 1. The third-order valence-electron chi connectivity index (χ3n) is 6.62. The molecule has 4 heterocycles. The van der Waals surface area contributed by atoms with E-state index in [0.29, 0.717) is 13.1 Å². The maximum absolute atomic E-state index is 13.5. The topological polar surface area (TPSA) is 49.9 Å². The van der Waals surface area contributed by atoms with Gasteiger partial charge in [-0.05, 0) is 30.4 Å². The number of ether oxygens (including phenoxy) is 1. The summed E-state index contributed by atoms with van der Waals surface area (Å²) in [6, 6.07) is 8.37. The molecule has 0 aliphatic carbocycles. The molecular formula is C22H26N2O3. The van der Waals surface area contributed by atoms with E-state index in [1.54, 1.807) is 0 Å². The van der Waals surface area contributed by atoms with E-state index in [1.165, 1.54) is 11.1 Å². The molecule has 27 heavy (non-hydrogen) atoms. The molecule has 0 saturated carbocycles. The highest BCUT2D eigenvalue weighted by Gasteiger charge is 2.67. The molecule has 4 aliphatic rings. The van der Waals surface area contributed by atoms with Crippen LogP contribution in [-0.4, -0.2) is 53.0 Å². The highest BCUT2D eigenvalue weighted by Crippen LogP contribution is 2.52. The number of benzene rings is 1.